The van der Waals surface area contributed by atoms with Gasteiger partial charge in [0.15, 0.2) is 0 Å². The normalized spacial score (nSPS) is 21.2. The van der Waals surface area contributed by atoms with Gasteiger partial charge in [-0.25, -0.2) is 4.39 Å². The van der Waals surface area contributed by atoms with Gasteiger partial charge in [-0.1, -0.05) is 6.07 Å². The van der Waals surface area contributed by atoms with Gasteiger partial charge in [-0.3, -0.25) is 9.80 Å². The molecule has 2 heterocycles. The SMILES string of the molecule is CC1=NN(c2ccc(C(=O)NCc3ccc(N4C[C@@H](C)O[C@@H](C)C4)c(F)c3)cc2)CC1. The van der Waals surface area contributed by atoms with Crippen molar-refractivity contribution in [2.75, 3.05) is 29.5 Å². The Morgan fingerprint density at radius 1 is 1.16 bits per heavy atom. The minimum absolute atomic E-state index is 0.0646. The Morgan fingerprint density at radius 2 is 1.87 bits per heavy atom. The highest BCUT2D eigenvalue weighted by Gasteiger charge is 2.24. The molecule has 2 aromatic carbocycles. The van der Waals surface area contributed by atoms with Gasteiger partial charge in [-0.05, 0) is 62.7 Å². The lowest BCUT2D eigenvalue weighted by Gasteiger charge is -2.37. The van der Waals surface area contributed by atoms with Crippen molar-refractivity contribution < 1.29 is 13.9 Å². The second-order valence-corrected chi connectivity index (χ2v) is 8.39. The number of nitrogens with zero attached hydrogens (tertiary/aromatic N) is 3. The molecule has 0 bridgehead atoms. The Hall–Kier alpha value is -2.93. The number of carbonyl (C=O) groups excluding carboxylic acids is 1. The molecule has 164 valence electrons. The van der Waals surface area contributed by atoms with Crippen LogP contribution in [0, 0.1) is 5.82 Å². The third-order valence-corrected chi connectivity index (χ3v) is 5.63. The van der Waals surface area contributed by atoms with Crippen LogP contribution in [-0.2, 0) is 11.3 Å². The van der Waals surface area contributed by atoms with Crippen LogP contribution in [0.2, 0.25) is 0 Å². The summed E-state index contributed by atoms with van der Waals surface area (Å²) in [7, 11) is 0. The van der Waals surface area contributed by atoms with E-state index in [-0.39, 0.29) is 30.5 Å². The van der Waals surface area contributed by atoms with Gasteiger partial charge in [0.1, 0.15) is 5.82 Å². The minimum atomic E-state index is -0.279. The Bertz CT molecular complexity index is 966. The number of amides is 1. The van der Waals surface area contributed by atoms with Gasteiger partial charge in [-0.15, -0.1) is 0 Å². The van der Waals surface area contributed by atoms with Gasteiger partial charge < -0.3 is 15.0 Å². The number of benzene rings is 2. The zero-order valence-corrected chi connectivity index (χ0v) is 18.3. The average Bonchev–Trinajstić information content (AvgIpc) is 3.18. The van der Waals surface area contributed by atoms with Crippen LogP contribution >= 0.6 is 0 Å². The van der Waals surface area contributed by atoms with Crippen molar-refractivity contribution in [3.63, 3.8) is 0 Å². The van der Waals surface area contributed by atoms with Gasteiger partial charge in [0.2, 0.25) is 0 Å². The quantitative estimate of drug-likeness (QED) is 0.790. The van der Waals surface area contributed by atoms with Crippen LogP contribution in [0.15, 0.2) is 47.6 Å². The van der Waals surface area contributed by atoms with Crippen molar-refractivity contribution in [2.24, 2.45) is 5.10 Å². The average molecular weight is 425 g/mol. The highest BCUT2D eigenvalue weighted by Crippen LogP contribution is 2.25. The summed E-state index contributed by atoms with van der Waals surface area (Å²) in [6.45, 7) is 8.46. The highest BCUT2D eigenvalue weighted by molar-refractivity contribution is 5.94. The number of anilines is 2. The molecule has 0 spiro atoms. The van der Waals surface area contributed by atoms with Crippen molar-refractivity contribution >= 4 is 23.0 Å². The lowest BCUT2D eigenvalue weighted by Crippen LogP contribution is -2.45. The van der Waals surface area contributed by atoms with E-state index in [4.69, 9.17) is 4.74 Å². The van der Waals surface area contributed by atoms with E-state index in [2.05, 4.69) is 10.4 Å². The van der Waals surface area contributed by atoms with E-state index in [1.807, 2.05) is 48.9 Å². The van der Waals surface area contributed by atoms with Crippen LogP contribution in [0.25, 0.3) is 0 Å². The molecule has 0 unspecified atom stereocenters. The summed E-state index contributed by atoms with van der Waals surface area (Å²) in [4.78, 5) is 14.5. The van der Waals surface area contributed by atoms with Crippen molar-refractivity contribution in [1.29, 1.82) is 0 Å². The maximum Gasteiger partial charge on any atom is 0.251 e. The number of morpholine rings is 1. The molecule has 0 saturated carbocycles. The van der Waals surface area contributed by atoms with Crippen molar-refractivity contribution in [2.45, 2.75) is 45.9 Å². The van der Waals surface area contributed by atoms with Crippen LogP contribution in [-0.4, -0.2) is 43.5 Å². The summed E-state index contributed by atoms with van der Waals surface area (Å²) in [6.07, 6.45) is 1.09. The third-order valence-electron chi connectivity index (χ3n) is 5.63. The zero-order chi connectivity index (χ0) is 22.0. The third kappa shape index (κ3) is 5.05. The molecule has 1 fully saturated rings. The van der Waals surface area contributed by atoms with Gasteiger partial charge in [0.05, 0.1) is 23.6 Å². The summed E-state index contributed by atoms with van der Waals surface area (Å²) < 4.78 is 20.5. The number of ether oxygens (including phenoxy) is 1. The molecule has 2 atom stereocenters. The van der Waals surface area contributed by atoms with Crippen LogP contribution in [0.1, 0.15) is 43.1 Å². The van der Waals surface area contributed by atoms with Crippen LogP contribution < -0.4 is 15.2 Å². The summed E-state index contributed by atoms with van der Waals surface area (Å²) >= 11 is 0. The van der Waals surface area contributed by atoms with Crippen LogP contribution in [0.4, 0.5) is 15.8 Å². The molecule has 2 aliphatic rings. The van der Waals surface area contributed by atoms with Crippen molar-refractivity contribution in [3.05, 3.63) is 59.4 Å². The zero-order valence-electron chi connectivity index (χ0n) is 18.3. The molecular weight excluding hydrogens is 395 g/mol. The van der Waals surface area contributed by atoms with Crippen LogP contribution in [0.3, 0.4) is 0 Å². The summed E-state index contributed by atoms with van der Waals surface area (Å²) in [5.74, 6) is -0.466. The van der Waals surface area contributed by atoms with E-state index in [9.17, 15) is 9.18 Å². The number of hydrazone groups is 1. The lowest BCUT2D eigenvalue weighted by molar-refractivity contribution is -0.00539. The molecule has 6 nitrogen and oxygen atoms in total. The Balaban J connectivity index is 1.35. The number of carbonyl (C=O) groups is 1. The smallest absolute Gasteiger partial charge is 0.251 e. The monoisotopic (exact) mass is 424 g/mol. The minimum Gasteiger partial charge on any atom is -0.372 e. The lowest BCUT2D eigenvalue weighted by atomic mass is 10.1. The van der Waals surface area contributed by atoms with E-state index in [0.29, 0.717) is 24.3 Å². The van der Waals surface area contributed by atoms with Gasteiger partial charge >= 0.3 is 0 Å². The molecule has 2 aliphatic heterocycles. The highest BCUT2D eigenvalue weighted by atomic mass is 19.1. The topological polar surface area (TPSA) is 57.2 Å². The fourth-order valence-corrected chi connectivity index (χ4v) is 4.12. The second kappa shape index (κ2) is 9.06. The standard InChI is InChI=1S/C24H29FN4O2/c1-16-10-11-29(27-16)21-7-5-20(6-8-21)24(30)26-13-19-4-9-23(22(25)12-19)28-14-17(2)31-18(3)15-28/h4-9,12,17-18H,10-11,13-15H2,1-3H3,(H,26,30)/t17-,18+. The molecule has 1 saturated heterocycles. The molecule has 1 amide bonds. The number of nitrogens with one attached hydrogen (secondary N) is 1. The maximum absolute atomic E-state index is 14.7. The molecule has 4 rings (SSSR count). The molecule has 0 aromatic heterocycles. The maximum atomic E-state index is 14.7. The van der Waals surface area contributed by atoms with E-state index in [1.54, 1.807) is 18.2 Å². The van der Waals surface area contributed by atoms with E-state index in [0.717, 1.165) is 29.9 Å². The fraction of sp³-hybridized carbons (Fsp3) is 0.417. The summed E-state index contributed by atoms with van der Waals surface area (Å²) in [5, 5.41) is 9.28. The Morgan fingerprint density at radius 3 is 2.48 bits per heavy atom. The largest absolute Gasteiger partial charge is 0.372 e. The first-order chi connectivity index (χ1) is 14.9. The second-order valence-electron chi connectivity index (χ2n) is 8.39. The molecule has 2 aromatic rings. The van der Waals surface area contributed by atoms with Gasteiger partial charge in [0.25, 0.3) is 5.91 Å². The molecule has 7 heteroatoms. The molecular formula is C24H29FN4O2. The van der Waals surface area contributed by atoms with Gasteiger partial charge in [-0.2, -0.15) is 5.10 Å². The number of halogens is 1. The van der Waals surface area contributed by atoms with E-state index in [1.165, 1.54) is 6.07 Å². The molecule has 31 heavy (non-hydrogen) atoms. The predicted octanol–water partition coefficient (Wildman–Crippen LogP) is 3.96. The number of rotatable bonds is 5. The van der Waals surface area contributed by atoms with Crippen molar-refractivity contribution in [1.82, 2.24) is 5.32 Å². The molecule has 0 radical (unpaired) electrons. The first-order valence-corrected chi connectivity index (χ1v) is 10.8. The Labute approximate surface area is 182 Å². The number of hydrogen-bond donors (Lipinski definition) is 1. The number of hydrogen-bond acceptors (Lipinski definition) is 5. The molecule has 1 N–H and O–H groups in total. The van der Waals surface area contributed by atoms with Gasteiger partial charge in [0, 0.05) is 43.9 Å². The Kier molecular flexibility index (Phi) is 6.23. The first kappa shape index (κ1) is 21.3. The van der Waals surface area contributed by atoms with Crippen molar-refractivity contribution in [3.8, 4) is 0 Å². The molecule has 0 aliphatic carbocycles. The van der Waals surface area contributed by atoms with Crippen LogP contribution in [0.5, 0.6) is 0 Å². The summed E-state index contributed by atoms with van der Waals surface area (Å²) in [5.41, 5.74) is 3.95. The summed E-state index contributed by atoms with van der Waals surface area (Å²) in [6, 6.07) is 12.5. The fourth-order valence-electron chi connectivity index (χ4n) is 4.12. The van der Waals surface area contributed by atoms with E-state index < -0.39 is 0 Å². The first-order valence-electron chi connectivity index (χ1n) is 10.8. The predicted molar refractivity (Wildman–Crippen MR) is 121 cm³/mol. The van der Waals surface area contributed by atoms with E-state index >= 15 is 0 Å².